The molecule has 0 N–H and O–H groups in total. The average Bonchev–Trinajstić information content (AvgIpc) is 2.25. The molecule has 0 saturated heterocycles. The maximum atomic E-state index is 12.7. The fraction of sp³-hybridized carbons (Fsp3) is 1.00. The van der Waals surface area contributed by atoms with Crippen molar-refractivity contribution in [2.45, 2.75) is 44.2 Å². The van der Waals surface area contributed by atoms with Gasteiger partial charge in [0.25, 0.3) is 0 Å². The van der Waals surface area contributed by atoms with Gasteiger partial charge in [0.15, 0.2) is 12.1 Å². The molecule has 0 aliphatic rings. The van der Waals surface area contributed by atoms with Crippen LogP contribution in [0.15, 0.2) is 0 Å². The van der Waals surface area contributed by atoms with Gasteiger partial charge < -0.3 is 0 Å². The molecule has 0 radical (unpaired) electrons. The van der Waals surface area contributed by atoms with Crippen molar-refractivity contribution in [1.82, 2.24) is 0 Å². The van der Waals surface area contributed by atoms with E-state index < -0.39 is 64.3 Å². The molecule has 0 aromatic rings. The van der Waals surface area contributed by atoms with Crippen LogP contribution in [0.25, 0.3) is 0 Å². The van der Waals surface area contributed by atoms with Gasteiger partial charge in [0, 0.05) is 0 Å². The Morgan fingerprint density at radius 1 is 0.769 bits per heavy atom. The van der Waals surface area contributed by atoms with Gasteiger partial charge >= 0.3 is 33.0 Å². The summed E-state index contributed by atoms with van der Waals surface area (Å²) >= 11 is 0. The minimum Gasteiger partial charge on any atom is -0.171 e. The van der Waals surface area contributed by atoms with Crippen molar-refractivity contribution in [3.63, 3.8) is 0 Å². The predicted molar refractivity (Wildman–Crippen MR) is 61.1 cm³/mol. The van der Waals surface area contributed by atoms with Crippen LogP contribution < -0.4 is 0 Å². The van der Waals surface area contributed by atoms with E-state index in [1.54, 1.807) is 0 Å². The van der Waals surface area contributed by atoms with Crippen LogP contribution in [0.1, 0.15) is 19.3 Å². The van der Waals surface area contributed by atoms with Crippen LogP contribution in [-0.2, 0) is 9.09 Å². The van der Waals surface area contributed by atoms with Crippen molar-refractivity contribution in [1.29, 1.82) is 0 Å². The summed E-state index contributed by atoms with van der Waals surface area (Å²) in [5, 5.41) is 0. The van der Waals surface area contributed by atoms with Crippen molar-refractivity contribution in [3.05, 3.63) is 0 Å². The van der Waals surface area contributed by atoms with Crippen LogP contribution in [0.5, 0.6) is 0 Å². The van der Waals surface area contributed by atoms with Gasteiger partial charge in [0.2, 0.25) is 0 Å². The van der Waals surface area contributed by atoms with Gasteiger partial charge in [-0.1, -0.05) is 0 Å². The lowest BCUT2D eigenvalue weighted by Crippen LogP contribution is -2.52. The first kappa shape index (κ1) is 27.4. The van der Waals surface area contributed by atoms with E-state index in [4.69, 9.17) is 0 Å². The van der Waals surface area contributed by atoms with Gasteiger partial charge in [-0.15, -0.1) is 22.1 Å². The lowest BCUT2D eigenvalue weighted by atomic mass is 9.78. The SMILES string of the molecule is C[P+](=O)OCCCC(CC(F)(F)F)(C(F)(F)F)C(F)(F)F.FC(F)(F)F. The number of halogens is 13. The van der Waals surface area contributed by atoms with E-state index in [1.165, 1.54) is 0 Å². The van der Waals surface area contributed by atoms with E-state index in [9.17, 15) is 61.6 Å². The highest BCUT2D eigenvalue weighted by Crippen LogP contribution is 2.58. The van der Waals surface area contributed by atoms with Gasteiger partial charge in [-0.2, -0.15) is 39.5 Å². The van der Waals surface area contributed by atoms with Gasteiger partial charge in [0.05, 0.1) is 6.42 Å². The largest absolute Gasteiger partial charge is 0.559 e. The second kappa shape index (κ2) is 9.38. The summed E-state index contributed by atoms with van der Waals surface area (Å²) < 4.78 is 166. The van der Waals surface area contributed by atoms with E-state index in [1.807, 2.05) is 0 Å². The summed E-state index contributed by atoms with van der Waals surface area (Å²) in [7, 11) is -2.27. The summed E-state index contributed by atoms with van der Waals surface area (Å²) in [6.45, 7) is 0.239. The summed E-state index contributed by atoms with van der Waals surface area (Å²) in [5.41, 5.74) is -4.90. The van der Waals surface area contributed by atoms with Crippen LogP contribution >= 0.6 is 8.03 Å². The first-order chi connectivity index (χ1) is 11.1. The van der Waals surface area contributed by atoms with Crippen molar-refractivity contribution >= 4 is 8.03 Å². The summed E-state index contributed by atoms with van der Waals surface area (Å²) in [6.07, 6.45) is -29.3. The Balaban J connectivity index is 0. The Morgan fingerprint density at radius 2 is 1.12 bits per heavy atom. The molecule has 0 aromatic carbocycles. The molecule has 1 unspecified atom stereocenters. The van der Waals surface area contributed by atoms with Crippen LogP contribution in [-0.4, -0.2) is 38.2 Å². The summed E-state index contributed by atoms with van der Waals surface area (Å²) in [5.74, 6) is 0. The molecule has 2 nitrogen and oxygen atoms in total. The van der Waals surface area contributed by atoms with Crippen molar-refractivity contribution in [2.75, 3.05) is 13.3 Å². The molecule has 0 bridgehead atoms. The lowest BCUT2D eigenvalue weighted by molar-refractivity contribution is -0.366. The highest BCUT2D eigenvalue weighted by atomic mass is 31.1. The second-order valence-corrected chi connectivity index (χ2v) is 5.81. The number of alkyl halides is 13. The molecular formula is C10H11F13O2P+. The molecule has 16 heteroatoms. The molecule has 0 amide bonds. The molecule has 0 heterocycles. The molecule has 0 aliphatic heterocycles. The van der Waals surface area contributed by atoms with E-state index in [0.717, 1.165) is 6.66 Å². The third-order valence-corrected chi connectivity index (χ3v) is 3.15. The maximum Gasteiger partial charge on any atom is 0.559 e. The molecule has 0 fully saturated rings. The van der Waals surface area contributed by atoms with E-state index in [-0.39, 0.29) is 0 Å². The fourth-order valence-corrected chi connectivity index (χ4v) is 2.03. The fourth-order valence-electron chi connectivity index (χ4n) is 1.64. The minimum absolute atomic E-state index is 0.766. The first-order valence-electron chi connectivity index (χ1n) is 6.12. The highest BCUT2D eigenvalue weighted by molar-refractivity contribution is 7.38. The van der Waals surface area contributed by atoms with Crippen molar-refractivity contribution in [3.8, 4) is 0 Å². The molecule has 1 atom stereocenters. The molecular weight excluding hydrogens is 430 g/mol. The molecule has 26 heavy (non-hydrogen) atoms. The number of hydrogen-bond acceptors (Lipinski definition) is 2. The van der Waals surface area contributed by atoms with Crippen molar-refractivity contribution < 1.29 is 66.2 Å². The monoisotopic (exact) mass is 441 g/mol. The maximum absolute atomic E-state index is 12.7. The summed E-state index contributed by atoms with van der Waals surface area (Å²) in [4.78, 5) is 0. The Bertz CT molecular complexity index is 414. The zero-order valence-corrected chi connectivity index (χ0v) is 13.4. The van der Waals surface area contributed by atoms with Gasteiger partial charge in [-0.25, -0.2) is 0 Å². The molecule has 158 valence electrons. The highest BCUT2D eigenvalue weighted by Gasteiger charge is 2.72. The normalized spacial score (nSPS) is 14.6. The third kappa shape index (κ3) is 11.7. The van der Waals surface area contributed by atoms with E-state index in [2.05, 4.69) is 4.52 Å². The van der Waals surface area contributed by atoms with Crippen LogP contribution in [0.2, 0.25) is 0 Å². The van der Waals surface area contributed by atoms with Gasteiger partial charge in [-0.05, 0) is 17.4 Å². The lowest BCUT2D eigenvalue weighted by Gasteiger charge is -2.37. The Kier molecular flexibility index (Phi) is 9.87. The van der Waals surface area contributed by atoms with Gasteiger partial charge in [-0.3, -0.25) is 0 Å². The van der Waals surface area contributed by atoms with Crippen LogP contribution in [0.3, 0.4) is 0 Å². The Morgan fingerprint density at radius 3 is 1.35 bits per heavy atom. The molecule has 0 spiro atoms. The summed E-state index contributed by atoms with van der Waals surface area (Å²) in [6, 6.07) is 0. The quantitative estimate of drug-likeness (QED) is 0.261. The van der Waals surface area contributed by atoms with Crippen LogP contribution in [0, 0.1) is 5.41 Å². The average molecular weight is 441 g/mol. The Labute approximate surface area is 138 Å². The minimum atomic E-state index is -6.13. The smallest absolute Gasteiger partial charge is 0.171 e. The molecule has 0 rings (SSSR count). The third-order valence-electron chi connectivity index (χ3n) is 2.61. The molecule has 0 aromatic heterocycles. The first-order valence-corrected chi connectivity index (χ1v) is 7.74. The van der Waals surface area contributed by atoms with E-state index >= 15 is 0 Å². The standard InChI is InChI=1S/C9H11F9O2P.CF4/c1-21(19)20-4-2-3-6(8(13,14)15,9(16,17)18)5-7(10,11)12;2-1(3,4)5/h2-5H2,1H3;/q+1;. The molecule has 0 aliphatic carbocycles. The topological polar surface area (TPSA) is 26.3 Å². The van der Waals surface area contributed by atoms with Gasteiger partial charge in [0.1, 0.15) is 6.61 Å². The zero-order chi connectivity index (χ0) is 21.6. The zero-order valence-electron chi connectivity index (χ0n) is 12.5. The van der Waals surface area contributed by atoms with E-state index in [0.29, 0.717) is 0 Å². The number of hydrogen-bond donors (Lipinski definition) is 0. The molecule has 0 saturated carbocycles. The predicted octanol–water partition coefficient (Wildman–Crippen LogP) is 6.69. The second-order valence-electron chi connectivity index (χ2n) is 4.67. The number of rotatable bonds is 6. The van der Waals surface area contributed by atoms with Crippen molar-refractivity contribution in [2.24, 2.45) is 5.41 Å². The van der Waals surface area contributed by atoms with Crippen LogP contribution in [0.4, 0.5) is 57.1 Å². The Hall–Kier alpha value is -0.850.